The molecule has 0 aromatic heterocycles. The number of carbonyl (C=O) groups is 2. The fraction of sp³-hybridized carbons (Fsp3) is 0.765. The Morgan fingerprint density at radius 1 is 1.12 bits per heavy atom. The molecule has 0 saturated heterocycles. The second kappa shape index (κ2) is 13.1. The molecule has 0 spiro atoms. The minimum atomic E-state index is -4.17. The number of rotatable bonds is 14. The van der Waals surface area contributed by atoms with Crippen molar-refractivity contribution in [2.45, 2.75) is 71.3 Å². The molecule has 1 atom stereocenters. The van der Waals surface area contributed by atoms with Gasteiger partial charge in [0, 0.05) is 5.57 Å². The second-order valence-corrected chi connectivity index (χ2v) is 7.93. The van der Waals surface area contributed by atoms with Crippen LogP contribution >= 0.6 is 7.60 Å². The molecule has 0 rings (SSSR count). The molecule has 0 aliphatic rings. The molecule has 8 heteroatoms. The normalized spacial score (nSPS) is 12.5. The fourth-order valence-corrected chi connectivity index (χ4v) is 2.58. The van der Waals surface area contributed by atoms with Crippen LogP contribution in [0.15, 0.2) is 12.2 Å². The van der Waals surface area contributed by atoms with Gasteiger partial charge in [0.1, 0.15) is 6.10 Å². The Bertz CT molecular complexity index is 470. The first-order chi connectivity index (χ1) is 11.7. The predicted octanol–water partition coefficient (Wildman–Crippen LogP) is 3.34. The lowest BCUT2D eigenvalue weighted by Gasteiger charge is -2.18. The lowest BCUT2D eigenvalue weighted by Crippen LogP contribution is -2.19. The van der Waals surface area contributed by atoms with Gasteiger partial charge in [-0.15, -0.1) is 0 Å². The summed E-state index contributed by atoms with van der Waals surface area (Å²) >= 11 is 0. The van der Waals surface area contributed by atoms with Crippen molar-refractivity contribution in [3.63, 3.8) is 0 Å². The van der Waals surface area contributed by atoms with Crippen molar-refractivity contribution in [2.24, 2.45) is 0 Å². The summed E-state index contributed by atoms with van der Waals surface area (Å²) in [6, 6.07) is 0. The van der Waals surface area contributed by atoms with Crippen LogP contribution in [0.25, 0.3) is 0 Å². The molecular formula is C17H31O7P. The maximum absolute atomic E-state index is 11.7. The quantitative estimate of drug-likeness (QED) is 0.206. The highest BCUT2D eigenvalue weighted by molar-refractivity contribution is 7.51. The van der Waals surface area contributed by atoms with Gasteiger partial charge in [-0.2, -0.15) is 0 Å². The van der Waals surface area contributed by atoms with Crippen LogP contribution < -0.4 is 0 Å². The zero-order chi connectivity index (χ0) is 19.3. The number of carbonyl (C=O) groups excluding carboxylic acids is 2. The Morgan fingerprint density at radius 2 is 1.72 bits per heavy atom. The summed E-state index contributed by atoms with van der Waals surface area (Å²) in [6.07, 6.45) is 5.02. The molecular weight excluding hydrogens is 347 g/mol. The van der Waals surface area contributed by atoms with E-state index in [0.29, 0.717) is 18.4 Å². The molecule has 25 heavy (non-hydrogen) atoms. The highest BCUT2D eigenvalue weighted by Gasteiger charge is 2.17. The Kier molecular flexibility index (Phi) is 12.5. The summed E-state index contributed by atoms with van der Waals surface area (Å²) in [5, 5.41) is 0. The average Bonchev–Trinajstić information content (AvgIpc) is 2.51. The van der Waals surface area contributed by atoms with E-state index in [1.807, 2.05) is 0 Å². The molecule has 0 aliphatic carbocycles. The van der Waals surface area contributed by atoms with Crippen LogP contribution in [0.1, 0.15) is 65.2 Å². The third-order valence-corrected chi connectivity index (χ3v) is 4.35. The van der Waals surface area contributed by atoms with E-state index in [4.69, 9.17) is 19.3 Å². The first-order valence-electron chi connectivity index (χ1n) is 8.72. The molecule has 0 radical (unpaired) electrons. The van der Waals surface area contributed by atoms with Crippen LogP contribution in [0.3, 0.4) is 0 Å². The van der Waals surface area contributed by atoms with Crippen LogP contribution in [0, 0.1) is 0 Å². The lowest BCUT2D eigenvalue weighted by atomic mass is 10.0. The van der Waals surface area contributed by atoms with Crippen molar-refractivity contribution in [3.8, 4) is 0 Å². The smallest absolute Gasteiger partial charge is 0.333 e. The Labute approximate surface area is 149 Å². The van der Waals surface area contributed by atoms with Crippen LogP contribution in [-0.2, 0) is 23.6 Å². The standard InChI is InChI=1S/C17H31O7P/c1-4-5-6-9-15(24-17(19)14(2)3)10-7-8-12-23-16(18)11-13-25(20,21)22/h15H,2,4-13H2,1,3H3,(H2,20,21,22). The van der Waals surface area contributed by atoms with E-state index in [2.05, 4.69) is 13.5 Å². The van der Waals surface area contributed by atoms with E-state index in [-0.39, 0.29) is 25.1 Å². The van der Waals surface area contributed by atoms with Gasteiger partial charge in [0.15, 0.2) is 0 Å². The largest absolute Gasteiger partial charge is 0.466 e. The Balaban J connectivity index is 4.03. The van der Waals surface area contributed by atoms with Crippen molar-refractivity contribution < 1.29 is 33.4 Å². The zero-order valence-corrected chi connectivity index (χ0v) is 16.1. The van der Waals surface area contributed by atoms with E-state index >= 15 is 0 Å². The molecule has 0 aromatic rings. The highest BCUT2D eigenvalue weighted by Crippen LogP contribution is 2.34. The summed E-state index contributed by atoms with van der Waals surface area (Å²) in [5.41, 5.74) is 0.375. The topological polar surface area (TPSA) is 110 Å². The van der Waals surface area contributed by atoms with E-state index < -0.39 is 19.7 Å². The molecule has 0 aliphatic heterocycles. The molecule has 146 valence electrons. The van der Waals surface area contributed by atoms with Crippen molar-refractivity contribution in [1.82, 2.24) is 0 Å². The maximum Gasteiger partial charge on any atom is 0.333 e. The minimum absolute atomic E-state index is 0.166. The number of ether oxygens (including phenoxy) is 2. The number of esters is 2. The summed E-state index contributed by atoms with van der Waals surface area (Å²) in [6.45, 7) is 7.49. The molecule has 1 unspecified atom stereocenters. The van der Waals surface area contributed by atoms with Gasteiger partial charge in [-0.1, -0.05) is 26.3 Å². The Morgan fingerprint density at radius 3 is 2.24 bits per heavy atom. The van der Waals surface area contributed by atoms with Crippen molar-refractivity contribution in [1.29, 1.82) is 0 Å². The number of hydrogen-bond donors (Lipinski definition) is 2. The third kappa shape index (κ3) is 14.8. The van der Waals surface area contributed by atoms with E-state index in [1.54, 1.807) is 6.92 Å². The van der Waals surface area contributed by atoms with Gasteiger partial charge in [-0.3, -0.25) is 9.36 Å². The highest BCUT2D eigenvalue weighted by atomic mass is 31.2. The second-order valence-electron chi connectivity index (χ2n) is 6.16. The SMILES string of the molecule is C=C(C)C(=O)OC(CCCCC)CCCCOC(=O)CCP(=O)(O)O. The monoisotopic (exact) mass is 378 g/mol. The van der Waals surface area contributed by atoms with E-state index in [1.165, 1.54) is 0 Å². The summed E-state index contributed by atoms with van der Waals surface area (Å²) in [7, 11) is -4.17. The predicted molar refractivity (Wildman–Crippen MR) is 95.2 cm³/mol. The minimum Gasteiger partial charge on any atom is -0.466 e. The van der Waals surface area contributed by atoms with Crippen LogP contribution in [0.2, 0.25) is 0 Å². The lowest BCUT2D eigenvalue weighted by molar-refractivity contribution is -0.145. The van der Waals surface area contributed by atoms with Crippen LogP contribution in [-0.4, -0.2) is 40.6 Å². The summed E-state index contributed by atoms with van der Waals surface area (Å²) < 4.78 is 21.0. The molecule has 0 aromatic carbocycles. The number of unbranched alkanes of at least 4 members (excludes halogenated alkanes) is 3. The van der Waals surface area contributed by atoms with Crippen molar-refractivity contribution in [3.05, 3.63) is 12.2 Å². The van der Waals surface area contributed by atoms with Gasteiger partial charge < -0.3 is 19.3 Å². The first kappa shape index (κ1) is 23.8. The zero-order valence-electron chi connectivity index (χ0n) is 15.2. The summed E-state index contributed by atoms with van der Waals surface area (Å²) in [4.78, 5) is 40.4. The van der Waals surface area contributed by atoms with Gasteiger partial charge in [0.05, 0.1) is 19.2 Å². The van der Waals surface area contributed by atoms with Gasteiger partial charge in [-0.05, 0) is 39.0 Å². The first-order valence-corrected chi connectivity index (χ1v) is 10.5. The van der Waals surface area contributed by atoms with E-state index in [0.717, 1.165) is 32.1 Å². The maximum atomic E-state index is 11.7. The third-order valence-electron chi connectivity index (χ3n) is 3.54. The van der Waals surface area contributed by atoms with Crippen LogP contribution in [0.4, 0.5) is 0 Å². The van der Waals surface area contributed by atoms with Gasteiger partial charge in [0.2, 0.25) is 0 Å². The average molecular weight is 378 g/mol. The molecule has 7 nitrogen and oxygen atoms in total. The molecule has 0 bridgehead atoms. The van der Waals surface area contributed by atoms with Gasteiger partial charge in [-0.25, -0.2) is 4.79 Å². The fourth-order valence-electron chi connectivity index (χ4n) is 2.11. The van der Waals surface area contributed by atoms with Gasteiger partial charge in [0.25, 0.3) is 0 Å². The molecule has 0 amide bonds. The Hall–Kier alpha value is -1.17. The molecule has 0 fully saturated rings. The van der Waals surface area contributed by atoms with Crippen LogP contribution in [0.5, 0.6) is 0 Å². The summed E-state index contributed by atoms with van der Waals surface area (Å²) in [5.74, 6) is -0.998. The van der Waals surface area contributed by atoms with Crippen molar-refractivity contribution >= 4 is 19.5 Å². The van der Waals surface area contributed by atoms with Crippen molar-refractivity contribution in [2.75, 3.05) is 12.8 Å². The molecule has 0 heterocycles. The van der Waals surface area contributed by atoms with E-state index in [9.17, 15) is 14.2 Å². The molecule has 0 saturated carbocycles. The molecule has 2 N–H and O–H groups in total. The van der Waals surface area contributed by atoms with Gasteiger partial charge >= 0.3 is 19.5 Å². The number of hydrogen-bond acceptors (Lipinski definition) is 5.